The van der Waals surface area contributed by atoms with E-state index in [1.165, 1.54) is 11.3 Å². The molecule has 0 saturated heterocycles. The quantitative estimate of drug-likeness (QED) is 0.828. The molecule has 1 fully saturated rings. The molecule has 1 aromatic carbocycles. The number of thiazole rings is 1. The lowest BCUT2D eigenvalue weighted by atomic mass is 10.1. The molecule has 1 heterocycles. The fourth-order valence-corrected chi connectivity index (χ4v) is 3.33. The number of amides is 1. The molecule has 5 nitrogen and oxygen atoms in total. The standard InChI is InChI=1S/C14H15N3O2S2/c1-2-19-8-3-4-9-10(7-8)21-13(16-9)17-12(18)14(5-6-14)11(15)20/h3-4,7H,2,5-6H2,1H3,(H2,15,20)(H,16,17,18). The van der Waals surface area contributed by atoms with E-state index in [-0.39, 0.29) is 10.9 Å². The van der Waals surface area contributed by atoms with Crippen molar-refractivity contribution in [3.8, 4) is 5.75 Å². The van der Waals surface area contributed by atoms with Crippen molar-refractivity contribution in [2.24, 2.45) is 11.1 Å². The number of rotatable bonds is 5. The number of carbonyl (C=O) groups excluding carboxylic acids is 1. The van der Waals surface area contributed by atoms with Crippen molar-refractivity contribution < 1.29 is 9.53 Å². The van der Waals surface area contributed by atoms with Crippen molar-refractivity contribution in [2.45, 2.75) is 19.8 Å². The largest absolute Gasteiger partial charge is 0.494 e. The maximum Gasteiger partial charge on any atom is 0.239 e. The Morgan fingerprint density at radius 3 is 2.95 bits per heavy atom. The van der Waals surface area contributed by atoms with Gasteiger partial charge in [-0.15, -0.1) is 0 Å². The summed E-state index contributed by atoms with van der Waals surface area (Å²) in [6.07, 6.45) is 1.43. The van der Waals surface area contributed by atoms with Gasteiger partial charge >= 0.3 is 0 Å². The van der Waals surface area contributed by atoms with Gasteiger partial charge in [-0.05, 0) is 38.0 Å². The van der Waals surface area contributed by atoms with E-state index < -0.39 is 5.41 Å². The van der Waals surface area contributed by atoms with Crippen molar-refractivity contribution in [1.82, 2.24) is 4.98 Å². The van der Waals surface area contributed by atoms with Gasteiger partial charge in [0.1, 0.15) is 5.75 Å². The lowest BCUT2D eigenvalue weighted by Gasteiger charge is -2.11. The molecule has 1 aliphatic rings. The number of ether oxygens (including phenoxy) is 1. The van der Waals surface area contributed by atoms with Crippen LogP contribution in [0.1, 0.15) is 19.8 Å². The molecule has 3 rings (SSSR count). The Kier molecular flexibility index (Phi) is 3.54. The molecule has 2 aromatic rings. The number of nitrogens with one attached hydrogen (secondary N) is 1. The number of carbonyl (C=O) groups is 1. The van der Waals surface area contributed by atoms with Crippen LogP contribution in [-0.4, -0.2) is 22.5 Å². The minimum Gasteiger partial charge on any atom is -0.494 e. The first-order valence-corrected chi connectivity index (χ1v) is 7.92. The third-order valence-electron chi connectivity index (χ3n) is 3.55. The van der Waals surface area contributed by atoms with E-state index in [1.54, 1.807) is 0 Å². The Bertz CT molecular complexity index is 722. The first kappa shape index (κ1) is 14.2. The summed E-state index contributed by atoms with van der Waals surface area (Å²) in [6.45, 7) is 2.55. The fourth-order valence-electron chi connectivity index (χ4n) is 2.14. The highest BCUT2D eigenvalue weighted by molar-refractivity contribution is 7.80. The number of hydrogen-bond acceptors (Lipinski definition) is 5. The number of nitrogens with two attached hydrogens (primary N) is 1. The van der Waals surface area contributed by atoms with Crippen molar-refractivity contribution in [1.29, 1.82) is 0 Å². The van der Waals surface area contributed by atoms with Crippen LogP contribution < -0.4 is 15.8 Å². The highest BCUT2D eigenvalue weighted by Gasteiger charge is 2.52. The molecule has 1 saturated carbocycles. The molecular weight excluding hydrogens is 306 g/mol. The van der Waals surface area contributed by atoms with E-state index in [0.29, 0.717) is 24.6 Å². The number of thiocarbonyl (C=S) groups is 1. The summed E-state index contributed by atoms with van der Waals surface area (Å²) >= 11 is 6.39. The first-order valence-electron chi connectivity index (χ1n) is 6.70. The van der Waals surface area contributed by atoms with E-state index in [4.69, 9.17) is 22.7 Å². The smallest absolute Gasteiger partial charge is 0.239 e. The second-order valence-electron chi connectivity index (χ2n) is 4.98. The average Bonchev–Trinajstić information content (AvgIpc) is 3.16. The van der Waals surface area contributed by atoms with Gasteiger partial charge in [-0.25, -0.2) is 4.98 Å². The fraction of sp³-hybridized carbons (Fsp3) is 0.357. The molecule has 1 amide bonds. The Morgan fingerprint density at radius 1 is 1.57 bits per heavy atom. The minimum atomic E-state index is -0.663. The van der Waals surface area contributed by atoms with Gasteiger partial charge in [0, 0.05) is 0 Å². The molecule has 0 radical (unpaired) electrons. The van der Waals surface area contributed by atoms with Crippen LogP contribution in [0.25, 0.3) is 10.2 Å². The van der Waals surface area contributed by atoms with E-state index in [0.717, 1.165) is 16.0 Å². The van der Waals surface area contributed by atoms with Gasteiger partial charge in [-0.1, -0.05) is 23.6 Å². The number of benzene rings is 1. The maximum absolute atomic E-state index is 12.2. The lowest BCUT2D eigenvalue weighted by molar-refractivity contribution is -0.118. The van der Waals surface area contributed by atoms with Crippen LogP contribution >= 0.6 is 23.6 Å². The highest BCUT2D eigenvalue weighted by Crippen LogP contribution is 2.47. The zero-order chi connectivity index (χ0) is 15.0. The van der Waals surface area contributed by atoms with E-state index in [9.17, 15) is 4.79 Å². The third-order valence-corrected chi connectivity index (χ3v) is 4.87. The topological polar surface area (TPSA) is 77.2 Å². The van der Waals surface area contributed by atoms with Crippen LogP contribution in [0.4, 0.5) is 5.13 Å². The molecule has 3 N–H and O–H groups in total. The maximum atomic E-state index is 12.2. The van der Waals surface area contributed by atoms with Crippen LogP contribution in [0.2, 0.25) is 0 Å². The van der Waals surface area contributed by atoms with Crippen molar-refractivity contribution >= 4 is 49.8 Å². The molecular formula is C14H15N3O2S2. The monoisotopic (exact) mass is 321 g/mol. The molecule has 0 aliphatic heterocycles. The Hall–Kier alpha value is -1.73. The van der Waals surface area contributed by atoms with Crippen molar-refractivity contribution in [2.75, 3.05) is 11.9 Å². The van der Waals surface area contributed by atoms with Crippen LogP contribution in [0, 0.1) is 5.41 Å². The molecule has 0 spiro atoms. The molecule has 21 heavy (non-hydrogen) atoms. The van der Waals surface area contributed by atoms with Crippen molar-refractivity contribution in [3.05, 3.63) is 18.2 Å². The van der Waals surface area contributed by atoms with E-state index >= 15 is 0 Å². The number of aromatic nitrogens is 1. The molecule has 0 unspecified atom stereocenters. The summed E-state index contributed by atoms with van der Waals surface area (Å²) in [5, 5.41) is 3.39. The molecule has 0 atom stereocenters. The third kappa shape index (κ3) is 2.58. The van der Waals surface area contributed by atoms with Gasteiger partial charge in [0.15, 0.2) is 5.13 Å². The molecule has 1 aromatic heterocycles. The zero-order valence-corrected chi connectivity index (χ0v) is 13.1. The van der Waals surface area contributed by atoms with Gasteiger partial charge < -0.3 is 15.8 Å². The first-order chi connectivity index (χ1) is 10.0. The lowest BCUT2D eigenvalue weighted by Crippen LogP contribution is -2.34. The summed E-state index contributed by atoms with van der Waals surface area (Å²) in [4.78, 5) is 16.9. The van der Waals surface area contributed by atoms with Crippen LogP contribution in [0.3, 0.4) is 0 Å². The average molecular weight is 321 g/mol. The SMILES string of the molecule is CCOc1ccc2nc(NC(=O)C3(C(N)=S)CC3)sc2c1. The van der Waals surface area contributed by atoms with Gasteiger partial charge in [-0.3, -0.25) is 4.79 Å². The Labute approximate surface area is 131 Å². The normalized spacial score (nSPS) is 15.7. The highest BCUT2D eigenvalue weighted by atomic mass is 32.1. The van der Waals surface area contributed by atoms with Gasteiger partial charge in [0.2, 0.25) is 5.91 Å². The summed E-state index contributed by atoms with van der Waals surface area (Å²) in [5.41, 5.74) is 5.82. The summed E-state index contributed by atoms with van der Waals surface area (Å²) in [7, 11) is 0. The van der Waals surface area contributed by atoms with E-state index in [2.05, 4.69) is 10.3 Å². The summed E-state index contributed by atoms with van der Waals surface area (Å²) < 4.78 is 6.43. The number of nitrogens with zero attached hydrogens (tertiary/aromatic N) is 1. The molecule has 7 heteroatoms. The summed E-state index contributed by atoms with van der Waals surface area (Å²) in [5.74, 6) is 0.646. The summed E-state index contributed by atoms with van der Waals surface area (Å²) in [6, 6.07) is 5.67. The number of anilines is 1. The van der Waals surface area contributed by atoms with Crippen LogP contribution in [0.5, 0.6) is 5.75 Å². The van der Waals surface area contributed by atoms with Gasteiger partial charge in [0.25, 0.3) is 0 Å². The van der Waals surface area contributed by atoms with Crippen molar-refractivity contribution in [3.63, 3.8) is 0 Å². The van der Waals surface area contributed by atoms with E-state index in [1.807, 2.05) is 25.1 Å². The zero-order valence-electron chi connectivity index (χ0n) is 11.5. The number of fused-ring (bicyclic) bond motifs is 1. The second kappa shape index (κ2) is 5.23. The molecule has 110 valence electrons. The second-order valence-corrected chi connectivity index (χ2v) is 6.45. The van der Waals surface area contributed by atoms with Crippen LogP contribution in [0.15, 0.2) is 18.2 Å². The van der Waals surface area contributed by atoms with Gasteiger partial charge in [-0.2, -0.15) is 0 Å². The van der Waals surface area contributed by atoms with Gasteiger partial charge in [0.05, 0.1) is 27.2 Å². The molecule has 0 bridgehead atoms. The van der Waals surface area contributed by atoms with Crippen LogP contribution in [-0.2, 0) is 4.79 Å². The Morgan fingerprint density at radius 2 is 2.33 bits per heavy atom. The minimum absolute atomic E-state index is 0.154. The number of hydrogen-bond donors (Lipinski definition) is 2. The predicted octanol–water partition coefficient (Wildman–Crippen LogP) is 2.70. The Balaban J connectivity index is 1.81. The molecule has 1 aliphatic carbocycles. The predicted molar refractivity (Wildman–Crippen MR) is 87.9 cm³/mol.